The van der Waals surface area contributed by atoms with Crippen LogP contribution in [0.25, 0.3) is 0 Å². The summed E-state index contributed by atoms with van der Waals surface area (Å²) in [6.45, 7) is 8.91. The van der Waals surface area contributed by atoms with Gasteiger partial charge < -0.3 is 24.8 Å². The van der Waals surface area contributed by atoms with Crippen molar-refractivity contribution >= 4 is 11.8 Å². The molecule has 1 amide bonds. The van der Waals surface area contributed by atoms with Gasteiger partial charge in [0, 0.05) is 0 Å². The minimum absolute atomic E-state index is 0. The number of nitrogens with one attached hydrogen (secondary N) is 1. The zero-order valence-corrected chi connectivity index (χ0v) is 18.5. The number of aryl methyl sites for hydroxylation is 1. The van der Waals surface area contributed by atoms with Crippen LogP contribution in [0, 0.1) is 6.92 Å². The second-order valence-electron chi connectivity index (χ2n) is 5.66. The van der Waals surface area contributed by atoms with E-state index in [9.17, 15) is 4.79 Å². The first kappa shape index (κ1) is 21.9. The number of hydrogen-bond donors (Lipinski definition) is 1. The van der Waals surface area contributed by atoms with Crippen molar-refractivity contribution in [3.05, 3.63) is 56.4 Å². The third-order valence-electron chi connectivity index (χ3n) is 3.61. The normalized spacial score (nSPS) is 12.8. The fraction of sp³-hybridized carbons (Fsp3) is 0.312. The van der Waals surface area contributed by atoms with Crippen LogP contribution in [0.5, 0.6) is 0 Å². The summed E-state index contributed by atoms with van der Waals surface area (Å²) in [6, 6.07) is 7.86. The van der Waals surface area contributed by atoms with Crippen LogP contribution in [0.15, 0.2) is 45.3 Å². The Morgan fingerprint density at radius 2 is 1.82 bits per heavy atom. The molecular weight excluding hydrogens is 412 g/mol. The van der Waals surface area contributed by atoms with Gasteiger partial charge in [0.05, 0.1) is 0 Å². The summed E-state index contributed by atoms with van der Waals surface area (Å²) in [4.78, 5) is 12.5. The van der Waals surface area contributed by atoms with Crippen molar-refractivity contribution in [3.63, 3.8) is 0 Å². The molecule has 6 heteroatoms. The molecule has 0 bridgehead atoms. The second kappa shape index (κ2) is 9.87. The Balaban J connectivity index is 0.00000220. The van der Waals surface area contributed by atoms with Crippen LogP contribution < -0.4 is 28.1 Å². The Bertz CT molecular complexity index is 587. The van der Waals surface area contributed by atoms with Crippen LogP contribution >= 0.6 is 0 Å². The number of benzene rings is 1. The second-order valence-corrected chi connectivity index (χ2v) is 24.1. The van der Waals surface area contributed by atoms with E-state index < -0.39 is 27.1 Å². The topological polar surface area (TPSA) is 29.1 Å². The number of hydrogen-bond acceptors (Lipinski definition) is 1. The minimum Gasteiger partial charge on any atom is -1.00 e. The molecule has 1 N–H and O–H groups in total. The molecule has 0 spiro atoms. The number of amides is 1. The monoisotopic (exact) mass is 432 g/mol. The molecule has 0 atom stereocenters. The van der Waals surface area contributed by atoms with Crippen LogP contribution in [0.3, 0.4) is 0 Å². The molecule has 0 unspecified atom stereocenters. The van der Waals surface area contributed by atoms with Crippen LogP contribution in [-0.2, 0) is 21.2 Å². The van der Waals surface area contributed by atoms with Crippen molar-refractivity contribution < 1.29 is 50.8 Å². The standard InChI is InChI=1S/C8H9NO.C6H7.C2H7Si.2ClH.Zr/c1-6-4-2-3-5-7(6)8(9)10;1-6-4-2-3-5-6;1-3-2;;;/h2-5H,1H3,(H2,9,10);4-5H,2H2,1H3;3H,1-2H3;2*1H;/q;;;;;+3/p-3. The molecule has 0 fully saturated rings. The van der Waals surface area contributed by atoms with E-state index in [-0.39, 0.29) is 30.7 Å². The first-order valence-corrected chi connectivity index (χ1v) is 16.7. The first-order valence-electron chi connectivity index (χ1n) is 7.10. The summed E-state index contributed by atoms with van der Waals surface area (Å²) in [5.74, 6) is -0.655. The Morgan fingerprint density at radius 1 is 1.18 bits per heavy atom. The van der Waals surface area contributed by atoms with Gasteiger partial charge in [-0.15, -0.1) is 0 Å². The minimum atomic E-state index is -1.94. The van der Waals surface area contributed by atoms with Crippen LogP contribution in [0.2, 0.25) is 13.1 Å². The van der Waals surface area contributed by atoms with Gasteiger partial charge >= 0.3 is 131 Å². The molecule has 0 aromatic heterocycles. The van der Waals surface area contributed by atoms with E-state index in [4.69, 9.17) is 0 Å². The predicted octanol–water partition coefficient (Wildman–Crippen LogP) is -2.52. The van der Waals surface area contributed by atoms with Gasteiger partial charge in [-0.25, -0.2) is 0 Å². The van der Waals surface area contributed by atoms with E-state index in [0.717, 1.165) is 17.5 Å². The smallest absolute Gasteiger partial charge is 1.00 e. The molecule has 1 aliphatic rings. The average Bonchev–Trinajstić information content (AvgIpc) is 2.82. The van der Waals surface area contributed by atoms with Crippen molar-refractivity contribution in [2.75, 3.05) is 0 Å². The Morgan fingerprint density at radius 3 is 2.32 bits per heavy atom. The average molecular weight is 435 g/mol. The Hall–Kier alpha value is -0.150. The molecule has 119 valence electrons. The summed E-state index contributed by atoms with van der Waals surface area (Å²) < 4.78 is 5.02. The molecule has 0 saturated carbocycles. The van der Waals surface area contributed by atoms with Crippen molar-refractivity contribution in [1.29, 1.82) is 0 Å². The van der Waals surface area contributed by atoms with Gasteiger partial charge in [0.15, 0.2) is 0 Å². The molecule has 1 aromatic carbocycles. The predicted molar refractivity (Wildman–Crippen MR) is 84.0 cm³/mol. The third kappa shape index (κ3) is 5.49. The molecule has 22 heavy (non-hydrogen) atoms. The van der Waals surface area contributed by atoms with E-state index in [1.807, 2.05) is 31.2 Å². The van der Waals surface area contributed by atoms with E-state index in [0.29, 0.717) is 0 Å². The molecule has 2 nitrogen and oxygen atoms in total. The zero-order valence-electron chi connectivity index (χ0n) is 13.4. The maximum Gasteiger partial charge on any atom is -1.00 e. The fourth-order valence-corrected chi connectivity index (χ4v) is 16.1. The maximum absolute atomic E-state index is 12.5. The van der Waals surface area contributed by atoms with E-state index in [2.05, 4.69) is 35.4 Å². The van der Waals surface area contributed by atoms with Crippen molar-refractivity contribution in [1.82, 2.24) is 3.26 Å². The molecule has 0 heterocycles. The summed E-state index contributed by atoms with van der Waals surface area (Å²) in [5.41, 5.74) is 3.26. The molecule has 0 aliphatic heterocycles. The Labute approximate surface area is 154 Å². The van der Waals surface area contributed by atoms with E-state index in [1.54, 1.807) is 3.28 Å². The molecule has 1 aliphatic carbocycles. The number of carbonyl (C=O) groups is 1. The maximum atomic E-state index is 12.5. The molecule has 0 radical (unpaired) electrons. The van der Waals surface area contributed by atoms with Crippen LogP contribution in [-0.4, -0.2) is 11.8 Å². The van der Waals surface area contributed by atoms with Crippen molar-refractivity contribution in [2.24, 2.45) is 0 Å². The van der Waals surface area contributed by atoms with E-state index >= 15 is 0 Å². The van der Waals surface area contributed by atoms with Gasteiger partial charge in [-0.3, -0.25) is 0 Å². The van der Waals surface area contributed by atoms with Crippen molar-refractivity contribution in [2.45, 2.75) is 33.4 Å². The molecule has 2 rings (SSSR count). The summed E-state index contributed by atoms with van der Waals surface area (Å²) >= 11 is -1.94. The summed E-state index contributed by atoms with van der Waals surface area (Å²) in [7, 11) is 0. The van der Waals surface area contributed by atoms with Gasteiger partial charge in [-0.2, -0.15) is 0 Å². The number of carbonyl (C=O) groups excluding carboxylic acids is 1. The number of halogens is 2. The number of rotatable bonds is 4. The van der Waals surface area contributed by atoms with E-state index in [1.165, 1.54) is 5.57 Å². The SMILES string of the molecule is CC1=CC[C]([Zr+2]([NH]C(=O)c2ccccc2C)[SiH](C)C)=C1.[Cl-].[Cl-]. The first-order chi connectivity index (χ1) is 9.49. The largest absolute Gasteiger partial charge is 1.00 e. The third-order valence-corrected chi connectivity index (χ3v) is 20.1. The Kier molecular flexibility index (Phi) is 9.80. The zero-order chi connectivity index (χ0) is 14.7. The quantitative estimate of drug-likeness (QED) is 0.521. The van der Waals surface area contributed by atoms with Gasteiger partial charge in [-0.05, 0) is 0 Å². The molecule has 0 saturated heterocycles. The summed E-state index contributed by atoms with van der Waals surface area (Å²) in [6.07, 6.45) is 5.67. The molecule has 1 aromatic rings. The summed E-state index contributed by atoms with van der Waals surface area (Å²) in [5, 5.41) is 0. The fourth-order valence-electron chi connectivity index (χ4n) is 2.46. The molecular formula is C16H22Cl2NOSiZr. The van der Waals surface area contributed by atoms with Gasteiger partial charge in [0.1, 0.15) is 0 Å². The van der Waals surface area contributed by atoms with Gasteiger partial charge in [-0.1, -0.05) is 0 Å². The van der Waals surface area contributed by atoms with Crippen molar-refractivity contribution in [3.8, 4) is 0 Å². The van der Waals surface area contributed by atoms with Crippen LogP contribution in [0.4, 0.5) is 0 Å². The van der Waals surface area contributed by atoms with Gasteiger partial charge in [0.2, 0.25) is 0 Å². The van der Waals surface area contributed by atoms with Gasteiger partial charge in [0.25, 0.3) is 0 Å². The van der Waals surface area contributed by atoms with Crippen LogP contribution in [0.1, 0.15) is 29.3 Å². The number of allylic oxidation sites excluding steroid dienone is 4.